The van der Waals surface area contributed by atoms with Crippen LogP contribution < -0.4 is 4.74 Å². The number of aliphatic carboxylic acids is 1. The average Bonchev–Trinajstić information content (AvgIpc) is 2.96. The first kappa shape index (κ1) is 18.5. The maximum Gasteiger partial charge on any atom is 0.332 e. The molecule has 6 nitrogen and oxygen atoms in total. The van der Waals surface area contributed by atoms with Gasteiger partial charge < -0.3 is 19.5 Å². The van der Waals surface area contributed by atoms with E-state index >= 15 is 0 Å². The van der Waals surface area contributed by atoms with Gasteiger partial charge in [-0.2, -0.15) is 0 Å². The fourth-order valence-corrected chi connectivity index (χ4v) is 3.42. The average molecular weight is 356 g/mol. The van der Waals surface area contributed by atoms with Crippen LogP contribution in [0.15, 0.2) is 18.2 Å². The Morgan fingerprint density at radius 1 is 1.42 bits per heavy atom. The predicted octanol–water partition coefficient (Wildman–Crippen LogP) is 2.37. The lowest BCUT2D eigenvalue weighted by Crippen LogP contribution is -2.56. The molecule has 1 aromatic carbocycles. The summed E-state index contributed by atoms with van der Waals surface area (Å²) in [5, 5.41) is 10.1. The molecule has 0 aliphatic carbocycles. The number of carbonyl (C=O) groups is 2. The van der Waals surface area contributed by atoms with Crippen LogP contribution in [-0.2, 0) is 20.7 Å². The zero-order valence-corrected chi connectivity index (χ0v) is 14.6. The number of hydrogen-bond acceptors (Lipinski definition) is 4. The van der Waals surface area contributed by atoms with E-state index in [1.807, 2.05) is 6.92 Å². The third kappa shape index (κ3) is 3.49. The molecule has 0 spiro atoms. The van der Waals surface area contributed by atoms with Crippen LogP contribution in [-0.4, -0.2) is 54.3 Å². The molecule has 1 heterocycles. The molecular weight excluding hydrogens is 334 g/mol. The zero-order chi connectivity index (χ0) is 17.7. The van der Waals surface area contributed by atoms with Crippen LogP contribution >= 0.6 is 11.6 Å². The molecule has 1 aromatic rings. The normalized spacial score (nSPS) is 20.2. The van der Waals surface area contributed by atoms with Crippen LogP contribution in [0.3, 0.4) is 0 Å². The van der Waals surface area contributed by atoms with Crippen LogP contribution in [0.2, 0.25) is 5.02 Å². The Kier molecular flexibility index (Phi) is 6.07. The van der Waals surface area contributed by atoms with Gasteiger partial charge in [0.2, 0.25) is 5.91 Å². The third-order valence-corrected chi connectivity index (χ3v) is 4.55. The van der Waals surface area contributed by atoms with Crippen LogP contribution in [0.5, 0.6) is 5.75 Å². The minimum absolute atomic E-state index is 0.0259. The lowest BCUT2D eigenvalue weighted by atomic mass is 9.96. The molecule has 1 saturated heterocycles. The number of benzene rings is 1. The van der Waals surface area contributed by atoms with Crippen molar-refractivity contribution in [2.45, 2.75) is 31.7 Å². The van der Waals surface area contributed by atoms with Crippen molar-refractivity contribution in [2.75, 3.05) is 26.9 Å². The standard InChI is InChI=1S/C17H22ClNO5/c1-3-24-15-12(6-4-7-13(15)18)10-14(20)19-9-5-8-17(19,11-23-2)16(21)22/h4,6-7H,3,5,8-11H2,1-2H3,(H,21,22). The van der Waals surface area contributed by atoms with Gasteiger partial charge in [0.05, 0.1) is 24.7 Å². The van der Waals surface area contributed by atoms with E-state index in [4.69, 9.17) is 21.1 Å². The molecule has 0 radical (unpaired) electrons. The Morgan fingerprint density at radius 2 is 2.17 bits per heavy atom. The summed E-state index contributed by atoms with van der Waals surface area (Å²) in [7, 11) is 1.44. The van der Waals surface area contributed by atoms with Crippen LogP contribution in [0, 0.1) is 0 Å². The first-order valence-corrected chi connectivity index (χ1v) is 8.27. The first-order chi connectivity index (χ1) is 11.5. The Labute approximate surface area is 146 Å². The highest BCUT2D eigenvalue weighted by atomic mass is 35.5. The second kappa shape index (κ2) is 7.85. The summed E-state index contributed by atoms with van der Waals surface area (Å²) in [5.41, 5.74) is -0.645. The van der Waals surface area contributed by atoms with E-state index in [2.05, 4.69) is 0 Å². The summed E-state index contributed by atoms with van der Waals surface area (Å²) in [6.07, 6.45) is 1.06. The summed E-state index contributed by atoms with van der Waals surface area (Å²) < 4.78 is 10.6. The van der Waals surface area contributed by atoms with Crippen molar-refractivity contribution in [2.24, 2.45) is 0 Å². The largest absolute Gasteiger partial charge is 0.492 e. The smallest absolute Gasteiger partial charge is 0.332 e. The quantitative estimate of drug-likeness (QED) is 0.812. The van der Waals surface area contributed by atoms with Gasteiger partial charge in [-0.05, 0) is 25.8 Å². The Bertz CT molecular complexity index is 621. The van der Waals surface area contributed by atoms with Crippen molar-refractivity contribution in [3.05, 3.63) is 28.8 Å². The maximum absolute atomic E-state index is 12.8. The molecule has 2 rings (SSSR count). The van der Waals surface area contributed by atoms with Crippen molar-refractivity contribution in [3.8, 4) is 5.75 Å². The molecule has 1 amide bonds. The molecule has 132 valence electrons. The molecule has 24 heavy (non-hydrogen) atoms. The van der Waals surface area contributed by atoms with Crippen LogP contribution in [0.4, 0.5) is 0 Å². The molecule has 0 bridgehead atoms. The fourth-order valence-electron chi connectivity index (χ4n) is 3.17. The van der Waals surface area contributed by atoms with Gasteiger partial charge in [-0.1, -0.05) is 23.7 Å². The van der Waals surface area contributed by atoms with Gasteiger partial charge in [-0.15, -0.1) is 0 Å². The summed E-state index contributed by atoms with van der Waals surface area (Å²) in [4.78, 5) is 26.0. The number of likely N-dealkylation sites (tertiary alicyclic amines) is 1. The number of methoxy groups -OCH3 is 1. The van der Waals surface area contributed by atoms with Gasteiger partial charge >= 0.3 is 5.97 Å². The van der Waals surface area contributed by atoms with E-state index in [0.29, 0.717) is 42.3 Å². The van der Waals surface area contributed by atoms with Crippen molar-refractivity contribution in [1.29, 1.82) is 0 Å². The first-order valence-electron chi connectivity index (χ1n) is 7.89. The Balaban J connectivity index is 2.26. The number of ether oxygens (including phenoxy) is 2. The summed E-state index contributed by atoms with van der Waals surface area (Å²) in [6, 6.07) is 5.21. The molecular formula is C17H22ClNO5. The monoisotopic (exact) mass is 355 g/mol. The topological polar surface area (TPSA) is 76.1 Å². The molecule has 1 atom stereocenters. The van der Waals surface area contributed by atoms with E-state index in [0.717, 1.165) is 0 Å². The number of carboxylic acid groups (broad SMARTS) is 1. The third-order valence-electron chi connectivity index (χ3n) is 4.25. The van der Waals surface area contributed by atoms with Gasteiger partial charge in [-0.25, -0.2) is 4.79 Å². The summed E-state index contributed by atoms with van der Waals surface area (Å²) in [5.74, 6) is -0.830. The number of halogens is 1. The molecule has 7 heteroatoms. The molecule has 1 fully saturated rings. The van der Waals surface area contributed by atoms with Gasteiger partial charge in [0.15, 0.2) is 5.54 Å². The van der Waals surface area contributed by atoms with Crippen molar-refractivity contribution in [1.82, 2.24) is 4.90 Å². The lowest BCUT2D eigenvalue weighted by molar-refractivity contribution is -0.160. The molecule has 1 N–H and O–H groups in total. The van der Waals surface area contributed by atoms with Gasteiger partial charge in [-0.3, -0.25) is 4.79 Å². The number of rotatable bonds is 7. The second-order valence-corrected chi connectivity index (χ2v) is 6.16. The minimum Gasteiger partial charge on any atom is -0.492 e. The zero-order valence-electron chi connectivity index (χ0n) is 13.9. The SMILES string of the molecule is CCOc1c(Cl)cccc1CC(=O)N1CCCC1(COC)C(=O)O. The molecule has 0 aromatic heterocycles. The summed E-state index contributed by atoms with van der Waals surface area (Å²) >= 11 is 6.14. The number of para-hydroxylation sites is 1. The number of hydrogen-bond donors (Lipinski definition) is 1. The van der Waals surface area contributed by atoms with Crippen molar-refractivity contribution >= 4 is 23.5 Å². The number of carboxylic acids is 1. The van der Waals surface area contributed by atoms with Crippen molar-refractivity contribution < 1.29 is 24.2 Å². The van der Waals surface area contributed by atoms with E-state index in [9.17, 15) is 14.7 Å². The Morgan fingerprint density at radius 3 is 2.79 bits per heavy atom. The second-order valence-electron chi connectivity index (χ2n) is 5.76. The number of carbonyl (C=O) groups excluding carboxylic acids is 1. The lowest BCUT2D eigenvalue weighted by Gasteiger charge is -2.34. The van der Waals surface area contributed by atoms with Crippen molar-refractivity contribution in [3.63, 3.8) is 0 Å². The van der Waals surface area contributed by atoms with E-state index < -0.39 is 11.5 Å². The number of nitrogens with zero attached hydrogens (tertiary/aromatic N) is 1. The molecule has 0 saturated carbocycles. The minimum atomic E-state index is -1.30. The molecule has 1 unspecified atom stereocenters. The predicted molar refractivity (Wildman–Crippen MR) is 89.5 cm³/mol. The Hall–Kier alpha value is -1.79. The van der Waals surface area contributed by atoms with Gasteiger partial charge in [0, 0.05) is 19.2 Å². The highest BCUT2D eigenvalue weighted by molar-refractivity contribution is 6.32. The summed E-state index contributed by atoms with van der Waals surface area (Å²) in [6.45, 7) is 2.64. The van der Waals surface area contributed by atoms with E-state index in [1.54, 1.807) is 18.2 Å². The van der Waals surface area contributed by atoms with Crippen LogP contribution in [0.1, 0.15) is 25.3 Å². The van der Waals surface area contributed by atoms with Gasteiger partial charge in [0.25, 0.3) is 0 Å². The highest BCUT2D eigenvalue weighted by Gasteiger charge is 2.50. The number of amides is 1. The fraction of sp³-hybridized carbons (Fsp3) is 0.529. The van der Waals surface area contributed by atoms with E-state index in [1.165, 1.54) is 12.0 Å². The van der Waals surface area contributed by atoms with E-state index in [-0.39, 0.29) is 18.9 Å². The highest BCUT2D eigenvalue weighted by Crippen LogP contribution is 2.33. The van der Waals surface area contributed by atoms with Gasteiger partial charge in [0.1, 0.15) is 5.75 Å². The van der Waals surface area contributed by atoms with Crippen LogP contribution in [0.25, 0.3) is 0 Å². The molecule has 1 aliphatic rings. The molecule has 1 aliphatic heterocycles. The maximum atomic E-state index is 12.8.